The summed E-state index contributed by atoms with van der Waals surface area (Å²) in [6.45, 7) is 9.05. The van der Waals surface area contributed by atoms with Crippen molar-refractivity contribution in [3.05, 3.63) is 41.9 Å². The van der Waals surface area contributed by atoms with Gasteiger partial charge in [0.25, 0.3) is 0 Å². The number of fused-ring (bicyclic) bond motifs is 1. The number of pyridine rings is 1. The number of nitrogens with zero attached hydrogens (tertiary/aromatic N) is 4. The number of anilines is 1. The first kappa shape index (κ1) is 19.3. The van der Waals surface area contributed by atoms with E-state index in [1.165, 1.54) is 11.1 Å². The minimum atomic E-state index is -0.0508. The van der Waals surface area contributed by atoms with Crippen LogP contribution in [0.3, 0.4) is 0 Å². The highest BCUT2D eigenvalue weighted by Crippen LogP contribution is 2.36. The van der Waals surface area contributed by atoms with Crippen molar-refractivity contribution in [2.75, 3.05) is 12.3 Å². The number of aliphatic imine (C=N–C) groups is 1. The third-order valence-electron chi connectivity index (χ3n) is 4.22. The zero-order valence-corrected chi connectivity index (χ0v) is 16.6. The Morgan fingerprint density at radius 1 is 1.32 bits per heavy atom. The van der Waals surface area contributed by atoms with Gasteiger partial charge in [0.05, 0.1) is 24.9 Å². The number of hydrogen-bond donors (Lipinski definition) is 2. The van der Waals surface area contributed by atoms with Crippen LogP contribution in [0.4, 0.5) is 11.5 Å². The molecule has 0 saturated carbocycles. The van der Waals surface area contributed by atoms with E-state index >= 15 is 0 Å². The van der Waals surface area contributed by atoms with Crippen molar-refractivity contribution in [3.63, 3.8) is 0 Å². The summed E-state index contributed by atoms with van der Waals surface area (Å²) < 4.78 is 3.66. The lowest BCUT2D eigenvalue weighted by molar-refractivity contribution is -0.554. The average molecular weight is 406 g/mol. The van der Waals surface area contributed by atoms with E-state index in [9.17, 15) is 0 Å². The van der Waals surface area contributed by atoms with Crippen LogP contribution < -0.4 is 27.3 Å². The highest BCUT2D eigenvalue weighted by molar-refractivity contribution is 6.04. The second kappa shape index (κ2) is 7.09. The lowest BCUT2D eigenvalue weighted by atomic mass is 9.83. The molecule has 2 aromatic rings. The number of aliphatic hydroxyl groups excluding tert-OH is 1. The molecular weight excluding hydrogens is 382 g/mol. The number of halogens is 1. The van der Waals surface area contributed by atoms with Crippen LogP contribution in [0.1, 0.15) is 33.4 Å². The summed E-state index contributed by atoms with van der Waals surface area (Å²) in [5.74, 6) is 1.35. The van der Waals surface area contributed by atoms with Crippen molar-refractivity contribution < 1.29 is 26.7 Å². The highest BCUT2D eigenvalue weighted by Gasteiger charge is 2.39. The molecule has 3 rings (SSSR count). The minimum absolute atomic E-state index is 0. The summed E-state index contributed by atoms with van der Waals surface area (Å²) in [5, 5.41) is 13.3. The van der Waals surface area contributed by atoms with Crippen LogP contribution in [0.25, 0.3) is 5.57 Å². The van der Waals surface area contributed by atoms with Gasteiger partial charge >= 0.3 is 5.84 Å². The molecule has 0 unspecified atom stereocenters. The fourth-order valence-corrected chi connectivity index (χ4v) is 3.22. The van der Waals surface area contributed by atoms with E-state index in [1.54, 1.807) is 10.9 Å². The summed E-state index contributed by atoms with van der Waals surface area (Å²) in [7, 11) is 0. The molecule has 0 aromatic carbocycles. The van der Waals surface area contributed by atoms with Gasteiger partial charge in [-0.1, -0.05) is 26.8 Å². The fraction of sp³-hybridized carbons (Fsp3) is 0.389. The van der Waals surface area contributed by atoms with Crippen molar-refractivity contribution in [3.8, 4) is 0 Å². The Labute approximate surface area is 158 Å². The van der Waals surface area contributed by atoms with Crippen LogP contribution in [0.15, 0.2) is 41.2 Å². The quantitative estimate of drug-likeness (QED) is 0.653. The maximum atomic E-state index is 9.09. The maximum Gasteiger partial charge on any atom is 0.333 e. The second-order valence-corrected chi connectivity index (χ2v) is 7.00. The van der Waals surface area contributed by atoms with E-state index in [2.05, 4.69) is 43.4 Å². The Bertz CT molecular complexity index is 845. The molecule has 0 atom stereocenters. The normalized spacial score (nSPS) is 15.5. The van der Waals surface area contributed by atoms with Crippen molar-refractivity contribution in [2.24, 2.45) is 10.4 Å². The minimum Gasteiger partial charge on any atom is -1.00 e. The van der Waals surface area contributed by atoms with E-state index in [4.69, 9.17) is 15.8 Å². The van der Waals surface area contributed by atoms with Crippen molar-refractivity contribution in [1.82, 2.24) is 9.78 Å². The molecule has 3 heterocycles. The third kappa shape index (κ3) is 3.39. The van der Waals surface area contributed by atoms with Gasteiger partial charge < -0.3 is 27.8 Å². The second-order valence-electron chi connectivity index (χ2n) is 7.00. The molecule has 3 N–H and O–H groups in total. The number of rotatable bonds is 3. The molecule has 134 valence electrons. The van der Waals surface area contributed by atoms with Crippen molar-refractivity contribution in [2.45, 2.75) is 34.2 Å². The topological polar surface area (TPSA) is 80.3 Å². The molecule has 0 radical (unpaired) electrons. The van der Waals surface area contributed by atoms with Crippen molar-refractivity contribution in [1.29, 1.82) is 0 Å². The smallest absolute Gasteiger partial charge is 0.333 e. The van der Waals surface area contributed by atoms with Gasteiger partial charge in [-0.15, -0.1) is 0 Å². The van der Waals surface area contributed by atoms with Crippen LogP contribution >= 0.6 is 0 Å². The Morgan fingerprint density at radius 3 is 2.68 bits per heavy atom. The molecule has 25 heavy (non-hydrogen) atoms. The molecule has 7 heteroatoms. The van der Waals surface area contributed by atoms with Gasteiger partial charge in [0.1, 0.15) is 11.9 Å². The Morgan fingerprint density at radius 2 is 2.04 bits per heavy atom. The molecule has 0 aliphatic carbocycles. The first-order chi connectivity index (χ1) is 11.3. The zero-order valence-electron chi connectivity index (χ0n) is 15.0. The predicted octanol–water partition coefficient (Wildman–Crippen LogP) is -0.839. The van der Waals surface area contributed by atoms with Gasteiger partial charge in [-0.3, -0.25) is 0 Å². The molecule has 1 aliphatic heterocycles. The molecular formula is C18H24BrN5O. The molecule has 0 spiro atoms. The molecule has 2 aromatic heterocycles. The van der Waals surface area contributed by atoms with Gasteiger partial charge in [-0.2, -0.15) is 9.67 Å². The van der Waals surface area contributed by atoms with E-state index in [0.717, 1.165) is 11.5 Å². The standard InChI is InChI=1S/C18H23N5O.BrH/c1-12-14-7-5-6-8-22(14)17(15(12)18(2,3)4)21-13-11-20-23(9-10-24)16(13)19;/h5-8,11,19,24H,9-10H2,1-4H3;1H. The number of aromatic nitrogens is 3. The number of hydrogen-bond acceptors (Lipinski definition) is 4. The Hall–Kier alpha value is -1.99. The summed E-state index contributed by atoms with van der Waals surface area (Å²) in [5.41, 5.74) is 10.3. The third-order valence-corrected chi connectivity index (χ3v) is 4.22. The van der Waals surface area contributed by atoms with Crippen molar-refractivity contribution >= 4 is 22.9 Å². The van der Waals surface area contributed by atoms with Gasteiger partial charge in [-0.05, 0) is 29.5 Å². The van der Waals surface area contributed by atoms with Crippen LogP contribution in [-0.4, -0.2) is 27.3 Å². The molecule has 6 nitrogen and oxygen atoms in total. The van der Waals surface area contributed by atoms with Crippen LogP contribution in [0.5, 0.6) is 0 Å². The summed E-state index contributed by atoms with van der Waals surface area (Å²) in [6.07, 6.45) is 3.67. The zero-order chi connectivity index (χ0) is 17.5. The monoisotopic (exact) mass is 405 g/mol. The maximum absolute atomic E-state index is 9.09. The highest BCUT2D eigenvalue weighted by atomic mass is 79.9. The van der Waals surface area contributed by atoms with Crippen LogP contribution in [-0.2, 0) is 6.54 Å². The number of nitrogen functional groups attached to an aromatic ring is 1. The number of nitrogens with two attached hydrogens (primary N) is 1. The van der Waals surface area contributed by atoms with Gasteiger partial charge in [0.2, 0.25) is 5.69 Å². The Kier molecular flexibility index (Phi) is 5.49. The van der Waals surface area contributed by atoms with Crippen LogP contribution in [0, 0.1) is 5.41 Å². The molecule has 0 saturated heterocycles. The summed E-state index contributed by atoms with van der Waals surface area (Å²) in [4.78, 5) is 4.83. The average Bonchev–Trinajstić information content (AvgIpc) is 3.00. The largest absolute Gasteiger partial charge is 1.00 e. The molecule has 0 fully saturated rings. The van der Waals surface area contributed by atoms with Crippen LogP contribution in [0.2, 0.25) is 0 Å². The van der Waals surface area contributed by atoms with Gasteiger partial charge in [0, 0.05) is 5.57 Å². The lowest BCUT2D eigenvalue weighted by Crippen LogP contribution is -3.00. The number of allylic oxidation sites excluding steroid dienone is 2. The van der Waals surface area contributed by atoms with Gasteiger partial charge in [-0.25, -0.2) is 4.68 Å². The summed E-state index contributed by atoms with van der Waals surface area (Å²) in [6, 6.07) is 6.13. The molecule has 0 amide bonds. The fourth-order valence-electron chi connectivity index (χ4n) is 3.22. The first-order valence-electron chi connectivity index (χ1n) is 8.08. The number of aliphatic hydroxyl groups is 1. The van der Waals surface area contributed by atoms with Gasteiger partial charge in [0.15, 0.2) is 5.82 Å². The molecule has 0 bridgehead atoms. The Balaban J connectivity index is 0.00000225. The van der Waals surface area contributed by atoms with E-state index in [1.807, 2.05) is 18.3 Å². The summed E-state index contributed by atoms with van der Waals surface area (Å²) >= 11 is 0. The van der Waals surface area contributed by atoms with E-state index in [-0.39, 0.29) is 29.0 Å². The molecule has 1 aliphatic rings. The van der Waals surface area contributed by atoms with E-state index in [0.29, 0.717) is 18.1 Å². The SMILES string of the molecule is CC1=C(C(C)(C)C)C(=Nc2cnn(CCO)c2N)[n+]2ccccc21.[Br-]. The van der Waals surface area contributed by atoms with E-state index < -0.39 is 0 Å². The predicted molar refractivity (Wildman–Crippen MR) is 94.9 cm³/mol. The first-order valence-corrected chi connectivity index (χ1v) is 8.08. The lowest BCUT2D eigenvalue weighted by Gasteiger charge is -2.18.